The minimum absolute atomic E-state index is 0.816. The molecular weight excluding hydrogens is 256 g/mol. The first-order chi connectivity index (χ1) is 10.4. The van der Waals surface area contributed by atoms with E-state index < -0.39 is 0 Å². The van der Waals surface area contributed by atoms with Gasteiger partial charge in [-0.2, -0.15) is 0 Å². The summed E-state index contributed by atoms with van der Waals surface area (Å²) in [4.78, 5) is 3.31. The van der Waals surface area contributed by atoms with Gasteiger partial charge in [-0.3, -0.25) is 0 Å². The lowest BCUT2D eigenvalue weighted by molar-refractivity contribution is 1.16. The summed E-state index contributed by atoms with van der Waals surface area (Å²) in [6.45, 7) is 0.816. The molecule has 0 unspecified atom stereocenters. The normalized spacial score (nSPS) is 11.0. The maximum Gasteiger partial charge on any atom is 0.0504 e. The van der Waals surface area contributed by atoms with Crippen LogP contribution in [0.3, 0.4) is 0 Å². The quantitative estimate of drug-likeness (QED) is 0.543. The molecule has 0 aliphatic rings. The summed E-state index contributed by atoms with van der Waals surface area (Å²) >= 11 is 0. The zero-order chi connectivity index (χ0) is 14.1. The molecule has 0 spiro atoms. The molecule has 0 radical (unpaired) electrons. The van der Waals surface area contributed by atoms with Crippen LogP contribution in [0.4, 0.5) is 5.69 Å². The lowest BCUT2D eigenvalue weighted by Crippen LogP contribution is -1.99. The lowest BCUT2D eigenvalue weighted by atomic mass is 10.1. The lowest BCUT2D eigenvalue weighted by Gasteiger charge is -2.09. The smallest absolute Gasteiger partial charge is 0.0504 e. The van der Waals surface area contributed by atoms with Crippen LogP contribution in [0.2, 0.25) is 0 Å². The second-order valence-corrected chi connectivity index (χ2v) is 5.27. The van der Waals surface area contributed by atoms with E-state index in [1.165, 1.54) is 27.2 Å². The zero-order valence-corrected chi connectivity index (χ0v) is 11.6. The first-order valence-electron chi connectivity index (χ1n) is 7.18. The van der Waals surface area contributed by atoms with Gasteiger partial charge in [0.15, 0.2) is 0 Å². The minimum Gasteiger partial charge on any atom is -0.381 e. The predicted molar refractivity (Wildman–Crippen MR) is 89.6 cm³/mol. The van der Waals surface area contributed by atoms with Crippen molar-refractivity contribution in [1.82, 2.24) is 4.98 Å². The van der Waals surface area contributed by atoms with Crippen molar-refractivity contribution in [2.45, 2.75) is 6.54 Å². The van der Waals surface area contributed by atoms with Gasteiger partial charge in [0.2, 0.25) is 0 Å². The molecule has 0 saturated carbocycles. The fourth-order valence-electron chi connectivity index (χ4n) is 2.79. The Morgan fingerprint density at radius 3 is 2.57 bits per heavy atom. The van der Waals surface area contributed by atoms with E-state index in [1.807, 2.05) is 6.20 Å². The van der Waals surface area contributed by atoms with E-state index in [2.05, 4.69) is 77.0 Å². The van der Waals surface area contributed by atoms with Crippen molar-refractivity contribution >= 4 is 27.4 Å². The van der Waals surface area contributed by atoms with E-state index in [0.717, 1.165) is 12.2 Å². The van der Waals surface area contributed by atoms with Crippen LogP contribution in [0.5, 0.6) is 0 Å². The molecule has 0 aliphatic heterocycles. The summed E-state index contributed by atoms with van der Waals surface area (Å²) in [5.74, 6) is 0. The van der Waals surface area contributed by atoms with Crippen LogP contribution in [-0.2, 0) is 6.54 Å². The molecule has 3 aromatic carbocycles. The maximum absolute atomic E-state index is 3.52. The Balaban J connectivity index is 1.61. The summed E-state index contributed by atoms with van der Waals surface area (Å²) in [5, 5.41) is 7.31. The van der Waals surface area contributed by atoms with Crippen LogP contribution >= 0.6 is 0 Å². The molecule has 0 saturated heterocycles. The first kappa shape index (κ1) is 12.0. The van der Waals surface area contributed by atoms with Crippen LogP contribution < -0.4 is 5.32 Å². The molecule has 2 nitrogen and oxygen atoms in total. The largest absolute Gasteiger partial charge is 0.381 e. The van der Waals surface area contributed by atoms with Gasteiger partial charge in [-0.05, 0) is 39.9 Å². The highest BCUT2D eigenvalue weighted by Gasteiger charge is 2.02. The number of benzene rings is 3. The summed E-state index contributed by atoms with van der Waals surface area (Å²) < 4.78 is 0. The van der Waals surface area contributed by atoms with E-state index in [0.29, 0.717) is 0 Å². The van der Waals surface area contributed by atoms with Crippen molar-refractivity contribution in [1.29, 1.82) is 0 Å². The second kappa shape index (κ2) is 4.98. The Hall–Kier alpha value is -2.74. The van der Waals surface area contributed by atoms with Gasteiger partial charge in [-0.25, -0.2) is 0 Å². The summed E-state index contributed by atoms with van der Waals surface area (Å²) in [6.07, 6.45) is 1.99. The molecule has 2 N–H and O–H groups in total. The van der Waals surface area contributed by atoms with Gasteiger partial charge >= 0.3 is 0 Å². The van der Waals surface area contributed by atoms with Gasteiger partial charge in [0.25, 0.3) is 0 Å². The van der Waals surface area contributed by atoms with Gasteiger partial charge < -0.3 is 10.3 Å². The molecule has 1 aromatic heterocycles. The summed E-state index contributed by atoms with van der Waals surface area (Å²) in [7, 11) is 0. The Kier molecular flexibility index (Phi) is 2.86. The van der Waals surface area contributed by atoms with Gasteiger partial charge in [-0.15, -0.1) is 0 Å². The van der Waals surface area contributed by atoms with Crippen molar-refractivity contribution in [3.05, 3.63) is 78.5 Å². The Morgan fingerprint density at radius 2 is 1.62 bits per heavy atom. The average Bonchev–Trinajstić information content (AvgIpc) is 3.02. The third-order valence-electron chi connectivity index (χ3n) is 3.91. The highest BCUT2D eigenvalue weighted by atomic mass is 14.9. The molecule has 0 atom stereocenters. The first-order valence-corrected chi connectivity index (χ1v) is 7.18. The number of aromatic nitrogens is 1. The minimum atomic E-state index is 0.816. The molecule has 4 rings (SSSR count). The fraction of sp³-hybridized carbons (Fsp3) is 0.0526. The number of H-pyrrole nitrogens is 1. The van der Waals surface area contributed by atoms with Gasteiger partial charge in [0.1, 0.15) is 0 Å². The molecule has 1 heterocycles. The number of fused-ring (bicyclic) bond motifs is 2. The molecule has 102 valence electrons. The van der Waals surface area contributed by atoms with E-state index >= 15 is 0 Å². The van der Waals surface area contributed by atoms with Crippen LogP contribution in [0.15, 0.2) is 72.9 Å². The van der Waals surface area contributed by atoms with E-state index in [4.69, 9.17) is 0 Å². The van der Waals surface area contributed by atoms with Gasteiger partial charge in [-0.1, -0.05) is 48.5 Å². The topological polar surface area (TPSA) is 27.8 Å². The third-order valence-corrected chi connectivity index (χ3v) is 3.91. The Labute approximate surface area is 123 Å². The standard InChI is InChI=1S/C19H16N2/c1-2-5-16-12-18(9-8-14(16)4-1)21-13-17-7-3-6-15-10-11-20-19(15)17/h1-12,20-21H,13H2. The number of hydrogen-bond acceptors (Lipinski definition) is 1. The third kappa shape index (κ3) is 2.25. The van der Waals surface area contributed by atoms with Crippen molar-refractivity contribution in [2.75, 3.05) is 5.32 Å². The van der Waals surface area contributed by atoms with Crippen molar-refractivity contribution in [3.8, 4) is 0 Å². The number of rotatable bonds is 3. The fourth-order valence-corrected chi connectivity index (χ4v) is 2.79. The Morgan fingerprint density at radius 1 is 0.762 bits per heavy atom. The van der Waals surface area contributed by atoms with E-state index in [1.54, 1.807) is 0 Å². The summed E-state index contributed by atoms with van der Waals surface area (Å²) in [6, 6.07) is 23.4. The van der Waals surface area contributed by atoms with E-state index in [9.17, 15) is 0 Å². The molecule has 0 amide bonds. The molecule has 0 bridgehead atoms. The van der Waals surface area contributed by atoms with Crippen LogP contribution in [0, 0.1) is 0 Å². The van der Waals surface area contributed by atoms with Crippen LogP contribution in [-0.4, -0.2) is 4.98 Å². The van der Waals surface area contributed by atoms with Crippen LogP contribution in [0.25, 0.3) is 21.7 Å². The second-order valence-electron chi connectivity index (χ2n) is 5.27. The number of para-hydroxylation sites is 1. The SMILES string of the molecule is c1ccc2cc(NCc3cccc4cc[nH]c34)ccc2c1. The monoisotopic (exact) mass is 272 g/mol. The highest BCUT2D eigenvalue weighted by Crippen LogP contribution is 2.21. The summed E-state index contributed by atoms with van der Waals surface area (Å²) in [5.41, 5.74) is 3.65. The average molecular weight is 272 g/mol. The highest BCUT2D eigenvalue weighted by molar-refractivity contribution is 5.86. The number of anilines is 1. The number of nitrogens with one attached hydrogen (secondary N) is 2. The number of aromatic amines is 1. The van der Waals surface area contributed by atoms with Crippen molar-refractivity contribution < 1.29 is 0 Å². The molecular formula is C19H16N2. The van der Waals surface area contributed by atoms with Gasteiger partial charge in [0.05, 0.1) is 5.52 Å². The molecule has 4 aromatic rings. The maximum atomic E-state index is 3.52. The Bertz CT molecular complexity index is 905. The van der Waals surface area contributed by atoms with Crippen LogP contribution in [0.1, 0.15) is 5.56 Å². The predicted octanol–water partition coefficient (Wildman–Crippen LogP) is 4.93. The van der Waals surface area contributed by atoms with Crippen molar-refractivity contribution in [2.24, 2.45) is 0 Å². The van der Waals surface area contributed by atoms with Gasteiger partial charge in [0, 0.05) is 18.4 Å². The number of hydrogen-bond donors (Lipinski definition) is 2. The molecule has 0 aliphatic carbocycles. The van der Waals surface area contributed by atoms with E-state index in [-0.39, 0.29) is 0 Å². The molecule has 2 heteroatoms. The molecule has 0 fully saturated rings. The molecule has 21 heavy (non-hydrogen) atoms. The zero-order valence-electron chi connectivity index (χ0n) is 11.6. The van der Waals surface area contributed by atoms with Crippen molar-refractivity contribution in [3.63, 3.8) is 0 Å².